The first-order valence-corrected chi connectivity index (χ1v) is 12.8. The van der Waals surface area contributed by atoms with Gasteiger partial charge in [-0.25, -0.2) is 0 Å². The lowest BCUT2D eigenvalue weighted by atomic mass is 9.86. The molecule has 1 aliphatic heterocycles. The van der Waals surface area contributed by atoms with Crippen LogP contribution in [0.1, 0.15) is 68.6 Å². The zero-order chi connectivity index (χ0) is 24.7. The van der Waals surface area contributed by atoms with Crippen LogP contribution in [0.3, 0.4) is 0 Å². The number of carbonyl (C=O) groups excluding carboxylic acids is 2. The number of nitrogens with zero attached hydrogens (tertiary/aromatic N) is 1. The van der Waals surface area contributed by atoms with Crippen molar-refractivity contribution >= 4 is 29.1 Å². The molecule has 2 N–H and O–H groups in total. The van der Waals surface area contributed by atoms with Crippen LogP contribution >= 0.6 is 11.6 Å². The summed E-state index contributed by atoms with van der Waals surface area (Å²) in [6.07, 6.45) is 3.17. The van der Waals surface area contributed by atoms with Gasteiger partial charge >= 0.3 is 0 Å². The highest BCUT2D eigenvalue weighted by atomic mass is 35.5. The summed E-state index contributed by atoms with van der Waals surface area (Å²) in [5.41, 5.74) is 4.51. The second kappa shape index (κ2) is 12.4. The first-order valence-electron chi connectivity index (χ1n) is 12.4. The van der Waals surface area contributed by atoms with Crippen LogP contribution in [-0.4, -0.2) is 42.9 Å². The van der Waals surface area contributed by atoms with Crippen LogP contribution in [0, 0.1) is 12.8 Å². The molecule has 0 spiro atoms. The van der Waals surface area contributed by atoms with Crippen LogP contribution in [0.4, 0.5) is 5.69 Å². The molecule has 2 aromatic carbocycles. The summed E-state index contributed by atoms with van der Waals surface area (Å²) in [4.78, 5) is 27.0. The number of carbonyl (C=O) groups is 2. The molecule has 1 atom stereocenters. The zero-order valence-electron chi connectivity index (χ0n) is 20.9. The van der Waals surface area contributed by atoms with Crippen molar-refractivity contribution in [2.45, 2.75) is 58.8 Å². The number of likely N-dealkylation sites (tertiary alicyclic amines) is 1. The minimum atomic E-state index is -0.183. The van der Waals surface area contributed by atoms with Crippen molar-refractivity contribution < 1.29 is 9.59 Å². The number of nitrogens with one attached hydrogen (secondary N) is 2. The van der Waals surface area contributed by atoms with E-state index in [9.17, 15) is 9.59 Å². The maximum atomic E-state index is 12.5. The summed E-state index contributed by atoms with van der Waals surface area (Å²) in [6.45, 7) is 11.7. The van der Waals surface area contributed by atoms with Gasteiger partial charge in [0, 0.05) is 23.2 Å². The van der Waals surface area contributed by atoms with Gasteiger partial charge in [0.1, 0.15) is 0 Å². The van der Waals surface area contributed by atoms with E-state index in [1.807, 2.05) is 51.1 Å². The third kappa shape index (κ3) is 7.31. The maximum absolute atomic E-state index is 12.5. The summed E-state index contributed by atoms with van der Waals surface area (Å²) in [7, 11) is 0. The highest BCUT2D eigenvalue weighted by Crippen LogP contribution is 2.32. The quantitative estimate of drug-likeness (QED) is 0.447. The Morgan fingerprint density at radius 1 is 1.03 bits per heavy atom. The third-order valence-electron chi connectivity index (χ3n) is 6.81. The lowest BCUT2D eigenvalue weighted by Gasteiger charge is -2.33. The molecule has 1 fully saturated rings. The molecule has 0 bridgehead atoms. The first kappa shape index (κ1) is 26.2. The number of rotatable bonds is 9. The van der Waals surface area contributed by atoms with E-state index in [0.29, 0.717) is 17.5 Å². The maximum Gasteiger partial charge on any atom is 0.227 e. The van der Waals surface area contributed by atoms with E-state index < -0.39 is 0 Å². The lowest BCUT2D eigenvalue weighted by molar-refractivity contribution is -0.122. The number of piperidine rings is 1. The van der Waals surface area contributed by atoms with Gasteiger partial charge in [-0.3, -0.25) is 9.59 Å². The third-order valence-corrected chi connectivity index (χ3v) is 7.06. The van der Waals surface area contributed by atoms with Crippen molar-refractivity contribution in [2.24, 2.45) is 5.92 Å². The number of hydrogen-bond donors (Lipinski definition) is 2. The number of anilines is 1. The van der Waals surface area contributed by atoms with Gasteiger partial charge in [0.15, 0.2) is 0 Å². The smallest absolute Gasteiger partial charge is 0.227 e. The van der Waals surface area contributed by atoms with Crippen molar-refractivity contribution in [3.8, 4) is 0 Å². The predicted molar refractivity (Wildman–Crippen MR) is 141 cm³/mol. The Kier molecular flexibility index (Phi) is 9.54. The summed E-state index contributed by atoms with van der Waals surface area (Å²) in [5.74, 6) is 0.419. The molecule has 1 unspecified atom stereocenters. The van der Waals surface area contributed by atoms with E-state index in [1.165, 1.54) is 11.1 Å². The average Bonchev–Trinajstić information content (AvgIpc) is 2.83. The van der Waals surface area contributed by atoms with Gasteiger partial charge in [0.05, 0.1) is 5.92 Å². The van der Waals surface area contributed by atoms with E-state index in [2.05, 4.69) is 34.6 Å². The minimum absolute atomic E-state index is 0.0292. The fraction of sp³-hybridized carbons (Fsp3) is 0.500. The molecule has 0 aromatic heterocycles. The normalized spacial score (nSPS) is 15.8. The molecular formula is C28H38ClN3O2. The summed E-state index contributed by atoms with van der Waals surface area (Å²) >= 11 is 5.94. The topological polar surface area (TPSA) is 61.4 Å². The summed E-state index contributed by atoms with van der Waals surface area (Å²) < 4.78 is 0. The van der Waals surface area contributed by atoms with Gasteiger partial charge in [0.25, 0.3) is 0 Å². The molecule has 0 saturated carbocycles. The van der Waals surface area contributed by atoms with Gasteiger partial charge < -0.3 is 15.5 Å². The molecule has 1 heterocycles. The van der Waals surface area contributed by atoms with Gasteiger partial charge in [-0.1, -0.05) is 43.6 Å². The van der Waals surface area contributed by atoms with Crippen LogP contribution in [0.5, 0.6) is 0 Å². The van der Waals surface area contributed by atoms with Crippen LogP contribution in [0.15, 0.2) is 42.5 Å². The molecule has 3 rings (SSSR count). The Labute approximate surface area is 209 Å². The molecule has 184 valence electrons. The highest BCUT2D eigenvalue weighted by molar-refractivity contribution is 6.30. The van der Waals surface area contributed by atoms with Gasteiger partial charge in [-0.05, 0) is 99.6 Å². The Balaban J connectivity index is 1.41. The molecule has 1 saturated heterocycles. The van der Waals surface area contributed by atoms with Crippen molar-refractivity contribution in [1.82, 2.24) is 10.2 Å². The van der Waals surface area contributed by atoms with Crippen molar-refractivity contribution in [2.75, 3.05) is 31.5 Å². The van der Waals surface area contributed by atoms with Crippen molar-refractivity contribution in [1.29, 1.82) is 0 Å². The molecule has 34 heavy (non-hydrogen) atoms. The van der Waals surface area contributed by atoms with Crippen LogP contribution < -0.4 is 10.6 Å². The molecule has 0 aliphatic carbocycles. The van der Waals surface area contributed by atoms with Crippen molar-refractivity contribution in [3.63, 3.8) is 0 Å². The van der Waals surface area contributed by atoms with Gasteiger partial charge in [-0.2, -0.15) is 0 Å². The van der Waals surface area contributed by atoms with E-state index in [0.717, 1.165) is 50.1 Å². The second-order valence-corrected chi connectivity index (χ2v) is 10.2. The zero-order valence-corrected chi connectivity index (χ0v) is 21.6. The predicted octanol–water partition coefficient (Wildman–Crippen LogP) is 5.73. The van der Waals surface area contributed by atoms with Crippen LogP contribution in [0.25, 0.3) is 0 Å². The Bertz CT molecular complexity index is 966. The van der Waals surface area contributed by atoms with Crippen LogP contribution in [-0.2, 0) is 9.59 Å². The van der Waals surface area contributed by atoms with E-state index in [-0.39, 0.29) is 23.7 Å². The fourth-order valence-corrected chi connectivity index (χ4v) is 4.61. The summed E-state index contributed by atoms with van der Waals surface area (Å²) in [5, 5.41) is 6.79. The van der Waals surface area contributed by atoms with E-state index >= 15 is 0 Å². The highest BCUT2D eigenvalue weighted by Gasteiger charge is 2.22. The number of aryl methyl sites for hydroxylation is 1. The first-order chi connectivity index (χ1) is 16.2. The lowest BCUT2D eigenvalue weighted by Crippen LogP contribution is -2.36. The minimum Gasteiger partial charge on any atom is -0.356 e. The van der Waals surface area contributed by atoms with Gasteiger partial charge in [0.2, 0.25) is 11.8 Å². The van der Waals surface area contributed by atoms with E-state index in [1.54, 1.807) is 0 Å². The molecule has 0 radical (unpaired) electrons. The largest absolute Gasteiger partial charge is 0.356 e. The van der Waals surface area contributed by atoms with Crippen molar-refractivity contribution in [3.05, 3.63) is 64.2 Å². The molecule has 1 aliphatic rings. The number of amides is 2. The Morgan fingerprint density at radius 2 is 1.71 bits per heavy atom. The molecule has 6 heteroatoms. The Hall–Kier alpha value is -2.37. The number of hydrogen-bond acceptors (Lipinski definition) is 3. The Morgan fingerprint density at radius 3 is 2.35 bits per heavy atom. The molecule has 5 nitrogen and oxygen atoms in total. The standard InChI is InChI=1S/C28H38ClN3O2/c1-19(2)27(33)31-25-11-6-20(3)26(18-25)23-12-16-32(17-13-23)15-5-14-30-28(34)21(4)22-7-9-24(29)10-8-22/h6-11,18-19,21,23H,5,12-17H2,1-4H3,(H,30,34)(H,31,33). The molecule has 2 aromatic rings. The van der Waals surface area contributed by atoms with Gasteiger partial charge in [-0.15, -0.1) is 0 Å². The number of benzene rings is 2. The van der Waals surface area contributed by atoms with E-state index in [4.69, 9.17) is 11.6 Å². The monoisotopic (exact) mass is 483 g/mol. The fourth-order valence-electron chi connectivity index (χ4n) is 4.48. The van der Waals surface area contributed by atoms with Crippen LogP contribution in [0.2, 0.25) is 5.02 Å². The number of halogens is 1. The summed E-state index contributed by atoms with van der Waals surface area (Å²) in [6, 6.07) is 13.7. The molecule has 2 amide bonds. The SMILES string of the molecule is Cc1ccc(NC(=O)C(C)C)cc1C1CCN(CCCNC(=O)C(C)c2ccc(Cl)cc2)CC1. The second-order valence-electron chi connectivity index (χ2n) is 9.75. The molecular weight excluding hydrogens is 446 g/mol. The average molecular weight is 484 g/mol.